The smallest absolute Gasteiger partial charge is 0.260 e. The lowest BCUT2D eigenvalue weighted by atomic mass is 10.1. The summed E-state index contributed by atoms with van der Waals surface area (Å²) in [7, 11) is 0. The highest BCUT2D eigenvalue weighted by molar-refractivity contribution is 6.31. The molecule has 1 atom stereocenters. The highest BCUT2D eigenvalue weighted by Gasteiger charge is 2.29. The molecule has 0 radical (unpaired) electrons. The Kier molecular flexibility index (Phi) is 3.47. The van der Waals surface area contributed by atoms with E-state index in [-0.39, 0.29) is 5.91 Å². The van der Waals surface area contributed by atoms with E-state index in [1.165, 1.54) is 0 Å². The first-order chi connectivity index (χ1) is 9.66. The molecule has 0 bridgehead atoms. The zero-order chi connectivity index (χ0) is 14.1. The molecule has 1 amide bonds. The first-order valence-corrected chi connectivity index (χ1v) is 6.87. The molecule has 0 aliphatic carbocycles. The third-order valence-electron chi connectivity index (χ3n) is 3.56. The summed E-state index contributed by atoms with van der Waals surface area (Å²) in [4.78, 5) is 14.1. The van der Waals surface area contributed by atoms with Crippen LogP contribution in [0.15, 0.2) is 48.5 Å². The maximum atomic E-state index is 12.5. The van der Waals surface area contributed by atoms with Crippen LogP contribution in [0.4, 0.5) is 5.69 Å². The minimum absolute atomic E-state index is 0.308. The van der Waals surface area contributed by atoms with Crippen molar-refractivity contribution in [2.75, 3.05) is 11.4 Å². The van der Waals surface area contributed by atoms with Gasteiger partial charge in [0, 0.05) is 17.3 Å². The van der Waals surface area contributed by atoms with Crippen LogP contribution in [0.5, 0.6) is 0 Å². The molecule has 3 rings (SSSR count). The van der Waals surface area contributed by atoms with Crippen molar-refractivity contribution in [1.29, 1.82) is 0 Å². The number of aliphatic hydroxyl groups excluding tert-OH is 1. The Morgan fingerprint density at radius 2 is 1.95 bits per heavy atom. The maximum Gasteiger partial charge on any atom is 0.260 e. The fourth-order valence-corrected chi connectivity index (χ4v) is 2.67. The van der Waals surface area contributed by atoms with Gasteiger partial charge in [0.15, 0.2) is 6.10 Å². The summed E-state index contributed by atoms with van der Waals surface area (Å²) in [6, 6.07) is 14.5. The van der Waals surface area contributed by atoms with E-state index in [0.29, 0.717) is 17.1 Å². The number of amides is 1. The molecular formula is C16H14ClNO2. The molecule has 4 heteroatoms. The van der Waals surface area contributed by atoms with E-state index in [0.717, 1.165) is 17.7 Å². The third kappa shape index (κ3) is 2.30. The summed E-state index contributed by atoms with van der Waals surface area (Å²) >= 11 is 5.99. The molecule has 3 nitrogen and oxygen atoms in total. The average Bonchev–Trinajstić information content (AvgIpc) is 2.89. The first kappa shape index (κ1) is 13.2. The Labute approximate surface area is 122 Å². The Balaban J connectivity index is 1.88. The van der Waals surface area contributed by atoms with Gasteiger partial charge in [0.25, 0.3) is 5.91 Å². The van der Waals surface area contributed by atoms with Gasteiger partial charge in [-0.15, -0.1) is 0 Å². The van der Waals surface area contributed by atoms with Gasteiger partial charge in [0.1, 0.15) is 0 Å². The number of aliphatic hydroxyl groups is 1. The first-order valence-electron chi connectivity index (χ1n) is 6.49. The van der Waals surface area contributed by atoms with Crippen molar-refractivity contribution < 1.29 is 9.90 Å². The predicted octanol–water partition coefficient (Wildman–Crippen LogP) is 2.96. The van der Waals surface area contributed by atoms with Crippen LogP contribution in [-0.2, 0) is 11.2 Å². The third-order valence-corrected chi connectivity index (χ3v) is 3.79. The minimum Gasteiger partial charge on any atom is -0.378 e. The zero-order valence-electron chi connectivity index (χ0n) is 10.8. The van der Waals surface area contributed by atoms with Gasteiger partial charge in [-0.05, 0) is 29.7 Å². The van der Waals surface area contributed by atoms with Crippen molar-refractivity contribution in [1.82, 2.24) is 0 Å². The molecule has 0 saturated carbocycles. The number of carbonyl (C=O) groups is 1. The largest absolute Gasteiger partial charge is 0.378 e. The van der Waals surface area contributed by atoms with Crippen LogP contribution in [0.25, 0.3) is 0 Å². The maximum absolute atomic E-state index is 12.5. The molecule has 2 aromatic rings. The number of fused-ring (bicyclic) bond motifs is 1. The molecule has 0 spiro atoms. The number of anilines is 1. The predicted molar refractivity (Wildman–Crippen MR) is 78.9 cm³/mol. The van der Waals surface area contributed by atoms with E-state index >= 15 is 0 Å². The highest BCUT2D eigenvalue weighted by atomic mass is 35.5. The molecule has 1 N–H and O–H groups in total. The molecule has 1 aliphatic rings. The molecule has 102 valence electrons. The van der Waals surface area contributed by atoms with Crippen molar-refractivity contribution in [2.24, 2.45) is 0 Å². The monoisotopic (exact) mass is 287 g/mol. The van der Waals surface area contributed by atoms with Gasteiger partial charge in [-0.1, -0.05) is 48.0 Å². The number of hydrogen-bond acceptors (Lipinski definition) is 2. The van der Waals surface area contributed by atoms with Gasteiger partial charge in [0.05, 0.1) is 0 Å². The summed E-state index contributed by atoms with van der Waals surface area (Å²) in [5.41, 5.74) is 2.49. The summed E-state index contributed by atoms with van der Waals surface area (Å²) in [5, 5.41) is 10.8. The van der Waals surface area contributed by atoms with Gasteiger partial charge < -0.3 is 10.0 Å². The van der Waals surface area contributed by atoms with Crippen LogP contribution in [-0.4, -0.2) is 17.6 Å². The number of carbonyl (C=O) groups excluding carboxylic acids is 1. The Bertz CT molecular complexity index is 642. The number of nitrogens with zero attached hydrogens (tertiary/aromatic N) is 1. The normalized spacial score (nSPS) is 15.0. The molecule has 1 unspecified atom stereocenters. The van der Waals surface area contributed by atoms with Crippen molar-refractivity contribution in [2.45, 2.75) is 12.5 Å². The van der Waals surface area contributed by atoms with Crippen LogP contribution in [0.3, 0.4) is 0 Å². The lowest BCUT2D eigenvalue weighted by Gasteiger charge is -2.21. The molecule has 1 heterocycles. The number of rotatable bonds is 2. The average molecular weight is 288 g/mol. The second-order valence-electron chi connectivity index (χ2n) is 4.83. The topological polar surface area (TPSA) is 40.5 Å². The van der Waals surface area contributed by atoms with E-state index in [1.54, 1.807) is 35.2 Å². The van der Waals surface area contributed by atoms with E-state index in [1.807, 2.05) is 18.2 Å². The van der Waals surface area contributed by atoms with Gasteiger partial charge in [-0.2, -0.15) is 0 Å². The van der Waals surface area contributed by atoms with Gasteiger partial charge in [0.2, 0.25) is 0 Å². The molecule has 0 fully saturated rings. The summed E-state index contributed by atoms with van der Waals surface area (Å²) in [6.07, 6.45) is -0.346. The molecule has 0 saturated heterocycles. The van der Waals surface area contributed by atoms with E-state index in [9.17, 15) is 9.90 Å². The zero-order valence-corrected chi connectivity index (χ0v) is 11.5. The number of halogens is 1. The fourth-order valence-electron chi connectivity index (χ4n) is 2.51. The number of benzene rings is 2. The Morgan fingerprint density at radius 1 is 1.20 bits per heavy atom. The quantitative estimate of drug-likeness (QED) is 0.922. The Morgan fingerprint density at radius 3 is 2.70 bits per heavy atom. The second kappa shape index (κ2) is 5.27. The van der Waals surface area contributed by atoms with Crippen LogP contribution < -0.4 is 4.90 Å². The van der Waals surface area contributed by atoms with E-state index in [4.69, 9.17) is 11.6 Å². The van der Waals surface area contributed by atoms with E-state index in [2.05, 4.69) is 0 Å². The summed E-state index contributed by atoms with van der Waals surface area (Å²) in [6.45, 7) is 0.582. The van der Waals surface area contributed by atoms with Crippen molar-refractivity contribution >= 4 is 23.2 Å². The molecule has 20 heavy (non-hydrogen) atoms. The molecular weight excluding hydrogens is 274 g/mol. The standard InChI is InChI=1S/C16H14ClNO2/c17-13-7-6-11-8-9-18(14(11)10-13)16(20)15(19)12-4-2-1-3-5-12/h1-7,10,15,19H,8-9H2. The van der Waals surface area contributed by atoms with Crippen LogP contribution in [0.2, 0.25) is 5.02 Å². The Hall–Kier alpha value is -1.84. The fraction of sp³-hybridized carbons (Fsp3) is 0.188. The van der Waals surface area contributed by atoms with Crippen molar-refractivity contribution in [3.63, 3.8) is 0 Å². The molecule has 1 aliphatic heterocycles. The summed E-state index contributed by atoms with van der Waals surface area (Å²) < 4.78 is 0. The molecule has 2 aromatic carbocycles. The van der Waals surface area contributed by atoms with Gasteiger partial charge in [-0.3, -0.25) is 4.79 Å². The van der Waals surface area contributed by atoms with Crippen molar-refractivity contribution in [3.05, 3.63) is 64.7 Å². The minimum atomic E-state index is -1.14. The van der Waals surface area contributed by atoms with Crippen LogP contribution in [0, 0.1) is 0 Å². The highest BCUT2D eigenvalue weighted by Crippen LogP contribution is 2.32. The summed E-state index contributed by atoms with van der Waals surface area (Å²) in [5.74, 6) is -0.308. The van der Waals surface area contributed by atoms with Gasteiger partial charge >= 0.3 is 0 Å². The lowest BCUT2D eigenvalue weighted by Crippen LogP contribution is -2.33. The van der Waals surface area contributed by atoms with Crippen LogP contribution in [0.1, 0.15) is 17.2 Å². The van der Waals surface area contributed by atoms with Gasteiger partial charge in [-0.25, -0.2) is 0 Å². The SMILES string of the molecule is O=C(C(O)c1ccccc1)N1CCc2ccc(Cl)cc21. The molecule has 0 aromatic heterocycles. The second-order valence-corrected chi connectivity index (χ2v) is 5.26. The van der Waals surface area contributed by atoms with Crippen molar-refractivity contribution in [3.8, 4) is 0 Å². The lowest BCUT2D eigenvalue weighted by molar-refractivity contribution is -0.126. The van der Waals surface area contributed by atoms with E-state index < -0.39 is 6.10 Å². The number of hydrogen-bond donors (Lipinski definition) is 1. The van der Waals surface area contributed by atoms with Crippen LogP contribution >= 0.6 is 11.6 Å².